The zero-order chi connectivity index (χ0) is 24.3. The van der Waals surface area contributed by atoms with Gasteiger partial charge in [-0.25, -0.2) is 9.18 Å². The predicted molar refractivity (Wildman–Crippen MR) is 118 cm³/mol. The van der Waals surface area contributed by atoms with E-state index in [9.17, 15) is 22.4 Å². The van der Waals surface area contributed by atoms with E-state index in [1.54, 1.807) is 24.3 Å². The predicted octanol–water partition coefficient (Wildman–Crippen LogP) is 6.85. The Balaban J connectivity index is 1.53. The Bertz CT molecular complexity index is 1330. The molecule has 0 spiro atoms. The van der Waals surface area contributed by atoms with Crippen LogP contribution >= 0.6 is 0 Å². The van der Waals surface area contributed by atoms with Crippen LogP contribution in [0.25, 0.3) is 22.3 Å². The van der Waals surface area contributed by atoms with Crippen LogP contribution in [0.15, 0.2) is 85.2 Å². The molecular formula is C26H17F4NO3. The van der Waals surface area contributed by atoms with Crippen molar-refractivity contribution in [2.24, 2.45) is 0 Å². The standard InChI is InChI=1S/C26H17F4NO3/c27-24-4-2-1-3-22(24)21-10-9-20(12-23(21)26(28,29)30)34-15-16-5-7-17(8-6-16)18-11-19(25(32)33)14-31-13-18/h1-14H,15H2,(H,32,33). The molecule has 0 saturated heterocycles. The van der Waals surface area contributed by atoms with Crippen LogP contribution in [0.2, 0.25) is 0 Å². The smallest absolute Gasteiger partial charge is 0.417 e. The highest BCUT2D eigenvalue weighted by Crippen LogP contribution is 2.40. The maximum absolute atomic E-state index is 14.1. The normalized spacial score (nSPS) is 11.3. The zero-order valence-electron chi connectivity index (χ0n) is 17.5. The minimum atomic E-state index is -4.70. The summed E-state index contributed by atoms with van der Waals surface area (Å²) in [5, 5.41) is 9.10. The van der Waals surface area contributed by atoms with Gasteiger partial charge in [0, 0.05) is 23.5 Å². The van der Waals surface area contributed by atoms with Gasteiger partial charge in [0.05, 0.1) is 11.1 Å². The SMILES string of the molecule is O=C(O)c1cncc(-c2ccc(COc3ccc(-c4ccccc4F)c(C(F)(F)F)c3)cc2)c1. The minimum Gasteiger partial charge on any atom is -0.489 e. The first kappa shape index (κ1) is 23.0. The molecule has 1 N–H and O–H groups in total. The summed E-state index contributed by atoms with van der Waals surface area (Å²) >= 11 is 0. The van der Waals surface area contributed by atoms with E-state index in [2.05, 4.69) is 4.98 Å². The third-order valence-electron chi connectivity index (χ3n) is 5.14. The second kappa shape index (κ2) is 9.35. The molecule has 0 radical (unpaired) electrons. The number of halogens is 4. The van der Waals surface area contributed by atoms with Crippen molar-refractivity contribution in [1.29, 1.82) is 0 Å². The van der Waals surface area contributed by atoms with Crippen molar-refractivity contribution < 1.29 is 32.2 Å². The molecule has 0 aliphatic rings. The maximum Gasteiger partial charge on any atom is 0.417 e. The Morgan fingerprint density at radius 2 is 1.62 bits per heavy atom. The van der Waals surface area contributed by atoms with Crippen LogP contribution in [0, 0.1) is 5.82 Å². The Morgan fingerprint density at radius 1 is 0.882 bits per heavy atom. The average Bonchev–Trinajstić information content (AvgIpc) is 2.83. The van der Waals surface area contributed by atoms with Gasteiger partial charge in [-0.15, -0.1) is 0 Å². The fourth-order valence-corrected chi connectivity index (χ4v) is 3.44. The van der Waals surface area contributed by atoms with E-state index >= 15 is 0 Å². The summed E-state index contributed by atoms with van der Waals surface area (Å²) in [7, 11) is 0. The molecule has 0 saturated carbocycles. The van der Waals surface area contributed by atoms with Gasteiger partial charge in [-0.2, -0.15) is 13.2 Å². The van der Waals surface area contributed by atoms with Crippen LogP contribution in [-0.4, -0.2) is 16.1 Å². The maximum atomic E-state index is 14.1. The molecule has 172 valence electrons. The summed E-state index contributed by atoms with van der Waals surface area (Å²) in [5.74, 6) is -1.83. The van der Waals surface area contributed by atoms with Gasteiger partial charge in [0.2, 0.25) is 0 Å². The van der Waals surface area contributed by atoms with Gasteiger partial charge in [-0.1, -0.05) is 42.5 Å². The molecule has 1 aromatic heterocycles. The number of benzene rings is 3. The number of carboxylic acid groups (broad SMARTS) is 1. The molecule has 0 bridgehead atoms. The molecule has 4 aromatic rings. The van der Waals surface area contributed by atoms with E-state index in [0.717, 1.165) is 17.7 Å². The van der Waals surface area contributed by atoms with Crippen LogP contribution in [0.1, 0.15) is 21.5 Å². The molecule has 0 aliphatic carbocycles. The van der Waals surface area contributed by atoms with Crippen LogP contribution in [0.5, 0.6) is 5.75 Å². The Morgan fingerprint density at radius 3 is 2.29 bits per heavy atom. The summed E-state index contributed by atoms with van der Waals surface area (Å²) in [6.07, 6.45) is -1.91. The minimum absolute atomic E-state index is 0.00401. The first-order valence-electron chi connectivity index (χ1n) is 10.1. The topological polar surface area (TPSA) is 59.4 Å². The fourth-order valence-electron chi connectivity index (χ4n) is 3.44. The first-order valence-corrected chi connectivity index (χ1v) is 10.1. The second-order valence-corrected chi connectivity index (χ2v) is 7.44. The van der Waals surface area contributed by atoms with E-state index in [-0.39, 0.29) is 29.0 Å². The number of rotatable bonds is 6. The van der Waals surface area contributed by atoms with Crippen LogP contribution in [0.4, 0.5) is 17.6 Å². The highest BCUT2D eigenvalue weighted by molar-refractivity contribution is 5.88. The van der Waals surface area contributed by atoms with E-state index in [4.69, 9.17) is 9.84 Å². The van der Waals surface area contributed by atoms with Gasteiger partial charge >= 0.3 is 12.1 Å². The van der Waals surface area contributed by atoms with E-state index < -0.39 is 23.5 Å². The number of ether oxygens (including phenoxy) is 1. The van der Waals surface area contributed by atoms with Gasteiger partial charge in [0.1, 0.15) is 18.2 Å². The van der Waals surface area contributed by atoms with Gasteiger partial charge in [0.15, 0.2) is 0 Å². The second-order valence-electron chi connectivity index (χ2n) is 7.44. The number of carboxylic acids is 1. The van der Waals surface area contributed by atoms with Crippen molar-refractivity contribution in [3.05, 3.63) is 108 Å². The van der Waals surface area contributed by atoms with Crippen molar-refractivity contribution >= 4 is 5.97 Å². The average molecular weight is 467 g/mol. The van der Waals surface area contributed by atoms with Crippen LogP contribution in [0.3, 0.4) is 0 Å². The van der Waals surface area contributed by atoms with E-state index in [1.807, 2.05) is 0 Å². The third-order valence-corrected chi connectivity index (χ3v) is 5.14. The number of nitrogens with zero attached hydrogens (tertiary/aromatic N) is 1. The number of aromatic nitrogens is 1. The van der Waals surface area contributed by atoms with E-state index in [0.29, 0.717) is 11.1 Å². The summed E-state index contributed by atoms with van der Waals surface area (Å²) in [5.41, 5.74) is 0.704. The Labute approximate surface area is 192 Å². The summed E-state index contributed by atoms with van der Waals surface area (Å²) in [4.78, 5) is 15.0. The van der Waals surface area contributed by atoms with Crippen LogP contribution < -0.4 is 4.74 Å². The number of pyridine rings is 1. The molecule has 1 heterocycles. The molecular weight excluding hydrogens is 450 g/mol. The van der Waals surface area contributed by atoms with Gasteiger partial charge in [-0.05, 0) is 47.0 Å². The van der Waals surface area contributed by atoms with E-state index in [1.165, 1.54) is 48.8 Å². The number of aromatic carboxylic acids is 1. The lowest BCUT2D eigenvalue weighted by atomic mass is 9.98. The fraction of sp³-hybridized carbons (Fsp3) is 0.0769. The molecule has 3 aromatic carbocycles. The number of hydrogen-bond donors (Lipinski definition) is 1. The van der Waals surface area contributed by atoms with Crippen molar-refractivity contribution in [2.45, 2.75) is 12.8 Å². The van der Waals surface area contributed by atoms with Crippen LogP contribution in [-0.2, 0) is 12.8 Å². The molecule has 0 fully saturated rings. The Kier molecular flexibility index (Phi) is 6.32. The summed E-state index contributed by atoms with van der Waals surface area (Å²) in [6, 6.07) is 17.1. The molecule has 34 heavy (non-hydrogen) atoms. The number of carbonyl (C=O) groups is 1. The third kappa shape index (κ3) is 5.06. The molecule has 4 rings (SSSR count). The van der Waals surface area contributed by atoms with Crippen molar-refractivity contribution in [1.82, 2.24) is 4.98 Å². The van der Waals surface area contributed by atoms with Crippen molar-refractivity contribution in [2.75, 3.05) is 0 Å². The Hall–Kier alpha value is -4.20. The number of alkyl halides is 3. The zero-order valence-corrected chi connectivity index (χ0v) is 17.5. The van der Waals surface area contributed by atoms with Crippen molar-refractivity contribution in [3.63, 3.8) is 0 Å². The lowest BCUT2D eigenvalue weighted by molar-refractivity contribution is -0.137. The lowest BCUT2D eigenvalue weighted by Gasteiger charge is -2.16. The molecule has 0 atom stereocenters. The summed E-state index contributed by atoms with van der Waals surface area (Å²) in [6.45, 7) is 0.00401. The van der Waals surface area contributed by atoms with Crippen molar-refractivity contribution in [3.8, 4) is 28.0 Å². The lowest BCUT2D eigenvalue weighted by Crippen LogP contribution is -2.08. The summed E-state index contributed by atoms with van der Waals surface area (Å²) < 4.78 is 60.7. The molecule has 0 aliphatic heterocycles. The molecule has 0 amide bonds. The van der Waals surface area contributed by atoms with Gasteiger partial charge in [0.25, 0.3) is 0 Å². The molecule has 4 nitrogen and oxygen atoms in total. The largest absolute Gasteiger partial charge is 0.489 e. The highest BCUT2D eigenvalue weighted by atomic mass is 19.4. The highest BCUT2D eigenvalue weighted by Gasteiger charge is 2.34. The van der Waals surface area contributed by atoms with Gasteiger partial charge in [-0.3, -0.25) is 4.98 Å². The van der Waals surface area contributed by atoms with Gasteiger partial charge < -0.3 is 9.84 Å². The number of hydrogen-bond acceptors (Lipinski definition) is 3. The molecule has 8 heteroatoms. The monoisotopic (exact) mass is 467 g/mol. The quantitative estimate of drug-likeness (QED) is 0.315. The first-order chi connectivity index (χ1) is 16.2. The molecule has 0 unspecified atom stereocenters.